The van der Waals surface area contributed by atoms with Crippen LogP contribution in [0.3, 0.4) is 0 Å². The van der Waals surface area contributed by atoms with E-state index in [9.17, 15) is 9.90 Å². The highest BCUT2D eigenvalue weighted by Gasteiger charge is 2.44. The topological polar surface area (TPSA) is 40.5 Å². The molecule has 1 aliphatic heterocycles. The maximum Gasteiger partial charge on any atom is 0.328 e. The quantitative estimate of drug-likeness (QED) is 0.919. The molecule has 3 nitrogen and oxygen atoms in total. The molecule has 1 fully saturated rings. The summed E-state index contributed by atoms with van der Waals surface area (Å²) in [7, 11) is 0. The number of benzene rings is 1. The van der Waals surface area contributed by atoms with E-state index in [1.54, 1.807) is 0 Å². The lowest BCUT2D eigenvalue weighted by molar-refractivity contribution is -0.154. The summed E-state index contributed by atoms with van der Waals surface area (Å²) >= 11 is 3.45. The molecule has 0 aliphatic carbocycles. The average molecular weight is 326 g/mol. The standard InChI is InChI=1S/C15H20BrNO2/c1-2-15(14(18)19,17-9-4-3-5-10-17)12-7-6-8-13(16)11-12/h6-8,11H,2-5,9-10H2,1H3,(H,18,19). The summed E-state index contributed by atoms with van der Waals surface area (Å²) in [6, 6.07) is 7.71. The second kappa shape index (κ2) is 6.06. The molecule has 19 heavy (non-hydrogen) atoms. The van der Waals surface area contributed by atoms with Crippen LogP contribution in [0.4, 0.5) is 0 Å². The first-order valence-electron chi connectivity index (χ1n) is 6.85. The molecule has 1 N–H and O–H groups in total. The van der Waals surface area contributed by atoms with Gasteiger partial charge in [0.1, 0.15) is 5.54 Å². The number of nitrogens with zero attached hydrogens (tertiary/aromatic N) is 1. The van der Waals surface area contributed by atoms with Crippen LogP contribution in [0.25, 0.3) is 0 Å². The van der Waals surface area contributed by atoms with Gasteiger partial charge in [-0.2, -0.15) is 0 Å². The molecule has 1 aromatic rings. The average Bonchev–Trinajstić information content (AvgIpc) is 2.41. The Morgan fingerprint density at radius 2 is 2.05 bits per heavy atom. The molecule has 1 atom stereocenters. The van der Waals surface area contributed by atoms with Gasteiger partial charge >= 0.3 is 5.97 Å². The number of halogens is 1. The van der Waals surface area contributed by atoms with E-state index in [1.807, 2.05) is 31.2 Å². The van der Waals surface area contributed by atoms with Gasteiger partial charge in [-0.15, -0.1) is 0 Å². The van der Waals surface area contributed by atoms with Gasteiger partial charge in [-0.1, -0.05) is 41.4 Å². The van der Waals surface area contributed by atoms with Crippen LogP contribution in [-0.4, -0.2) is 29.1 Å². The van der Waals surface area contributed by atoms with Crippen molar-refractivity contribution in [3.05, 3.63) is 34.3 Å². The normalized spacial score (nSPS) is 19.9. The van der Waals surface area contributed by atoms with Gasteiger partial charge in [-0.05, 0) is 50.0 Å². The van der Waals surface area contributed by atoms with Crippen molar-refractivity contribution in [3.8, 4) is 0 Å². The molecule has 0 saturated carbocycles. The molecule has 1 unspecified atom stereocenters. The van der Waals surface area contributed by atoms with Crippen LogP contribution in [0.5, 0.6) is 0 Å². The number of hydrogen-bond donors (Lipinski definition) is 1. The zero-order valence-electron chi connectivity index (χ0n) is 11.2. The summed E-state index contributed by atoms with van der Waals surface area (Å²) in [6.07, 6.45) is 3.96. The molecule has 1 aliphatic rings. The van der Waals surface area contributed by atoms with Gasteiger partial charge in [0.05, 0.1) is 0 Å². The maximum atomic E-state index is 12.0. The predicted molar refractivity (Wildman–Crippen MR) is 79.2 cm³/mol. The lowest BCUT2D eigenvalue weighted by Crippen LogP contribution is -2.53. The molecule has 0 bridgehead atoms. The highest BCUT2D eigenvalue weighted by Crippen LogP contribution is 2.36. The van der Waals surface area contributed by atoms with Gasteiger partial charge in [0, 0.05) is 4.47 Å². The third-order valence-corrected chi connectivity index (χ3v) is 4.56. The summed E-state index contributed by atoms with van der Waals surface area (Å²) < 4.78 is 0.932. The third kappa shape index (κ3) is 2.70. The molecule has 0 spiro atoms. The SMILES string of the molecule is CCC(C(=O)O)(c1cccc(Br)c1)N1CCCCC1. The Balaban J connectivity index is 2.46. The minimum Gasteiger partial charge on any atom is -0.480 e. The van der Waals surface area contributed by atoms with Crippen molar-refractivity contribution in [2.45, 2.75) is 38.1 Å². The molecule has 0 radical (unpaired) electrons. The smallest absolute Gasteiger partial charge is 0.328 e. The van der Waals surface area contributed by atoms with Gasteiger partial charge in [-0.25, -0.2) is 4.79 Å². The molecular formula is C15H20BrNO2. The zero-order chi connectivity index (χ0) is 13.9. The number of carboxylic acids is 1. The second-order valence-corrected chi connectivity index (χ2v) is 5.99. The minimum absolute atomic E-state index is 0.582. The van der Waals surface area contributed by atoms with Crippen LogP contribution < -0.4 is 0 Å². The fourth-order valence-electron chi connectivity index (χ4n) is 3.04. The van der Waals surface area contributed by atoms with Gasteiger partial charge in [0.15, 0.2) is 0 Å². The summed E-state index contributed by atoms with van der Waals surface area (Å²) in [5.74, 6) is -0.741. The first-order chi connectivity index (χ1) is 9.11. The Morgan fingerprint density at radius 3 is 2.58 bits per heavy atom. The highest BCUT2D eigenvalue weighted by molar-refractivity contribution is 9.10. The Kier molecular flexibility index (Phi) is 4.63. The molecule has 0 aromatic heterocycles. The maximum absolute atomic E-state index is 12.0. The first kappa shape index (κ1) is 14.5. The van der Waals surface area contributed by atoms with E-state index in [0.29, 0.717) is 6.42 Å². The van der Waals surface area contributed by atoms with Gasteiger partial charge < -0.3 is 5.11 Å². The minimum atomic E-state index is -0.885. The number of likely N-dealkylation sites (tertiary alicyclic amines) is 1. The Hall–Kier alpha value is -0.870. The fourth-order valence-corrected chi connectivity index (χ4v) is 3.44. The van der Waals surface area contributed by atoms with Gasteiger partial charge in [0.2, 0.25) is 0 Å². The van der Waals surface area contributed by atoms with E-state index in [1.165, 1.54) is 6.42 Å². The lowest BCUT2D eigenvalue weighted by Gasteiger charge is -2.42. The van der Waals surface area contributed by atoms with E-state index < -0.39 is 11.5 Å². The van der Waals surface area contributed by atoms with E-state index >= 15 is 0 Å². The van der Waals surface area contributed by atoms with Crippen molar-refractivity contribution in [2.75, 3.05) is 13.1 Å². The monoisotopic (exact) mass is 325 g/mol. The first-order valence-corrected chi connectivity index (χ1v) is 7.65. The van der Waals surface area contributed by atoms with Crippen LogP contribution in [-0.2, 0) is 10.3 Å². The molecule has 104 valence electrons. The van der Waals surface area contributed by atoms with Crippen LogP contribution >= 0.6 is 15.9 Å². The summed E-state index contributed by atoms with van der Waals surface area (Å²) in [5.41, 5.74) is -0.0109. The van der Waals surface area contributed by atoms with E-state index in [4.69, 9.17) is 0 Å². The largest absolute Gasteiger partial charge is 0.480 e. The third-order valence-electron chi connectivity index (χ3n) is 4.06. The van der Waals surface area contributed by atoms with Crippen molar-refractivity contribution in [1.82, 2.24) is 4.90 Å². The van der Waals surface area contributed by atoms with E-state index in [0.717, 1.165) is 36.0 Å². The molecule has 2 rings (SSSR count). The molecule has 1 aromatic carbocycles. The lowest BCUT2D eigenvalue weighted by atomic mass is 9.84. The second-order valence-electron chi connectivity index (χ2n) is 5.08. The Bertz CT molecular complexity index is 457. The molecule has 0 amide bonds. The van der Waals surface area contributed by atoms with Crippen LogP contribution in [0.1, 0.15) is 38.2 Å². The molecule has 4 heteroatoms. The van der Waals surface area contributed by atoms with Crippen LogP contribution in [0.15, 0.2) is 28.7 Å². The summed E-state index contributed by atoms with van der Waals surface area (Å²) in [6.45, 7) is 3.70. The highest BCUT2D eigenvalue weighted by atomic mass is 79.9. The summed E-state index contributed by atoms with van der Waals surface area (Å²) in [4.78, 5) is 14.1. The van der Waals surface area contributed by atoms with Crippen molar-refractivity contribution >= 4 is 21.9 Å². The number of aliphatic carboxylic acids is 1. The van der Waals surface area contributed by atoms with E-state index in [-0.39, 0.29) is 0 Å². The van der Waals surface area contributed by atoms with Crippen molar-refractivity contribution in [1.29, 1.82) is 0 Å². The van der Waals surface area contributed by atoms with Crippen molar-refractivity contribution in [3.63, 3.8) is 0 Å². The van der Waals surface area contributed by atoms with Crippen molar-refractivity contribution < 1.29 is 9.90 Å². The zero-order valence-corrected chi connectivity index (χ0v) is 12.8. The number of piperidine rings is 1. The van der Waals surface area contributed by atoms with Crippen LogP contribution in [0.2, 0.25) is 0 Å². The fraction of sp³-hybridized carbons (Fsp3) is 0.533. The molecule has 1 heterocycles. The molecule has 1 saturated heterocycles. The number of hydrogen-bond acceptors (Lipinski definition) is 2. The Labute approximate surface area is 122 Å². The van der Waals surface area contributed by atoms with Gasteiger partial charge in [0.25, 0.3) is 0 Å². The number of carboxylic acid groups (broad SMARTS) is 1. The molecular weight excluding hydrogens is 306 g/mol. The summed E-state index contributed by atoms with van der Waals surface area (Å²) in [5, 5.41) is 9.86. The van der Waals surface area contributed by atoms with E-state index in [2.05, 4.69) is 20.8 Å². The van der Waals surface area contributed by atoms with Crippen molar-refractivity contribution in [2.24, 2.45) is 0 Å². The predicted octanol–water partition coefficient (Wildman–Crippen LogP) is 3.62. The van der Waals surface area contributed by atoms with Gasteiger partial charge in [-0.3, -0.25) is 4.90 Å². The van der Waals surface area contributed by atoms with Crippen LogP contribution in [0, 0.1) is 0 Å². The Morgan fingerprint density at radius 1 is 1.37 bits per heavy atom. The number of rotatable bonds is 4. The number of carbonyl (C=O) groups is 1.